The van der Waals surface area contributed by atoms with E-state index in [4.69, 9.17) is 14.2 Å². The van der Waals surface area contributed by atoms with Gasteiger partial charge < -0.3 is 19.3 Å². The molecule has 3 rings (SSSR count). The van der Waals surface area contributed by atoms with Crippen LogP contribution in [0, 0.1) is 0 Å². The van der Waals surface area contributed by atoms with Crippen molar-refractivity contribution in [1.82, 2.24) is 9.80 Å². The first-order valence-corrected chi connectivity index (χ1v) is 9.83. The maximum atomic E-state index is 13.5. The second-order valence-corrected chi connectivity index (χ2v) is 7.53. The number of β-amino-alcohol motifs (C(OH)–C–C–N with tert-alkyl or cyclic N) is 1. The third-order valence-electron chi connectivity index (χ3n) is 5.11. The number of hydrogen-bond donors (Lipinski definition) is 1. The molecule has 8 heteroatoms. The molecule has 1 atom stereocenters. The number of likely N-dealkylation sites (tertiary alicyclic amines) is 1. The highest BCUT2D eigenvalue weighted by Crippen LogP contribution is 2.29. The van der Waals surface area contributed by atoms with Gasteiger partial charge in [-0.3, -0.25) is 9.80 Å². The van der Waals surface area contributed by atoms with Gasteiger partial charge in [0.1, 0.15) is 12.7 Å². The van der Waals surface area contributed by atoms with Gasteiger partial charge in [0, 0.05) is 32.6 Å². The Morgan fingerprint density at radius 3 is 2.68 bits per heavy atom. The van der Waals surface area contributed by atoms with Gasteiger partial charge in [0.25, 0.3) is 5.92 Å². The van der Waals surface area contributed by atoms with Crippen LogP contribution in [0.5, 0.6) is 11.5 Å². The summed E-state index contributed by atoms with van der Waals surface area (Å²) in [6.45, 7) is 4.60. The molecule has 0 aromatic heterocycles. The highest BCUT2D eigenvalue weighted by atomic mass is 19.3. The standard InChI is InChI=1S/C20H30F2N2O4/c1-26-19-11-16(12-23-7-9-27-10-8-23)3-4-18(19)28-14-17(25)13-24-6-2-5-20(21,22)15-24/h3-4,11,17,25H,2,5-10,12-15H2,1H3. The van der Waals surface area contributed by atoms with E-state index in [1.807, 2.05) is 18.2 Å². The molecule has 0 amide bonds. The van der Waals surface area contributed by atoms with Crippen molar-refractivity contribution in [2.24, 2.45) is 0 Å². The Labute approximate surface area is 165 Å². The molecule has 2 aliphatic rings. The van der Waals surface area contributed by atoms with Crippen molar-refractivity contribution in [1.29, 1.82) is 0 Å². The molecule has 2 fully saturated rings. The van der Waals surface area contributed by atoms with E-state index in [9.17, 15) is 13.9 Å². The second-order valence-electron chi connectivity index (χ2n) is 7.53. The topological polar surface area (TPSA) is 54.4 Å². The van der Waals surface area contributed by atoms with Crippen molar-refractivity contribution in [3.8, 4) is 11.5 Å². The van der Waals surface area contributed by atoms with Gasteiger partial charge in [0.15, 0.2) is 11.5 Å². The Kier molecular flexibility index (Phi) is 7.45. The van der Waals surface area contributed by atoms with Crippen molar-refractivity contribution in [3.63, 3.8) is 0 Å². The third-order valence-corrected chi connectivity index (χ3v) is 5.11. The van der Waals surface area contributed by atoms with Crippen molar-refractivity contribution >= 4 is 0 Å². The minimum atomic E-state index is -2.67. The third kappa shape index (κ3) is 6.27. The van der Waals surface area contributed by atoms with Crippen LogP contribution in [0.25, 0.3) is 0 Å². The summed E-state index contributed by atoms with van der Waals surface area (Å²) in [5.41, 5.74) is 1.11. The fourth-order valence-electron chi connectivity index (χ4n) is 3.69. The van der Waals surface area contributed by atoms with Crippen LogP contribution in [-0.4, -0.2) is 86.6 Å². The van der Waals surface area contributed by atoms with Gasteiger partial charge >= 0.3 is 0 Å². The van der Waals surface area contributed by atoms with E-state index in [0.717, 1.165) is 38.4 Å². The fraction of sp³-hybridized carbons (Fsp3) is 0.700. The zero-order valence-electron chi connectivity index (χ0n) is 16.4. The first-order chi connectivity index (χ1) is 13.4. The lowest BCUT2D eigenvalue weighted by Crippen LogP contribution is -2.46. The first-order valence-electron chi connectivity index (χ1n) is 9.83. The van der Waals surface area contributed by atoms with Crippen molar-refractivity contribution in [3.05, 3.63) is 23.8 Å². The van der Waals surface area contributed by atoms with Crippen LogP contribution in [0.4, 0.5) is 8.78 Å². The van der Waals surface area contributed by atoms with Crippen LogP contribution in [0.1, 0.15) is 18.4 Å². The Hall–Kier alpha value is -1.48. The van der Waals surface area contributed by atoms with E-state index in [0.29, 0.717) is 24.5 Å². The summed E-state index contributed by atoms with van der Waals surface area (Å²) < 4.78 is 43.5. The zero-order valence-corrected chi connectivity index (χ0v) is 16.4. The quantitative estimate of drug-likeness (QED) is 0.721. The number of aliphatic hydroxyl groups excluding tert-OH is 1. The number of hydrogen-bond acceptors (Lipinski definition) is 6. The fourth-order valence-corrected chi connectivity index (χ4v) is 3.69. The number of aliphatic hydroxyl groups is 1. The largest absolute Gasteiger partial charge is 0.493 e. The molecule has 2 saturated heterocycles. The molecule has 1 aromatic rings. The van der Waals surface area contributed by atoms with E-state index >= 15 is 0 Å². The number of rotatable bonds is 8. The van der Waals surface area contributed by atoms with Crippen LogP contribution in [0.15, 0.2) is 18.2 Å². The van der Waals surface area contributed by atoms with Gasteiger partial charge in [-0.05, 0) is 30.7 Å². The van der Waals surface area contributed by atoms with E-state index in [2.05, 4.69) is 4.90 Å². The molecular weight excluding hydrogens is 370 g/mol. The van der Waals surface area contributed by atoms with Crippen LogP contribution in [-0.2, 0) is 11.3 Å². The summed E-state index contributed by atoms with van der Waals surface area (Å²) in [5.74, 6) is -1.53. The second kappa shape index (κ2) is 9.82. The number of methoxy groups -OCH3 is 1. The average molecular weight is 400 g/mol. The van der Waals surface area contributed by atoms with E-state index in [-0.39, 0.29) is 26.1 Å². The number of halogens is 2. The molecule has 1 aromatic carbocycles. The molecule has 0 saturated carbocycles. The SMILES string of the molecule is COc1cc(CN2CCOCC2)ccc1OCC(O)CN1CCCC(F)(F)C1. The molecular formula is C20H30F2N2O4. The highest BCUT2D eigenvalue weighted by molar-refractivity contribution is 5.43. The molecule has 2 heterocycles. The summed E-state index contributed by atoms with van der Waals surface area (Å²) in [4.78, 5) is 3.91. The summed E-state index contributed by atoms with van der Waals surface area (Å²) in [6.07, 6.45) is -0.477. The Balaban J connectivity index is 1.50. The summed E-state index contributed by atoms with van der Waals surface area (Å²) in [5, 5.41) is 10.2. The molecule has 6 nitrogen and oxygen atoms in total. The Morgan fingerprint density at radius 1 is 1.18 bits per heavy atom. The smallest absolute Gasteiger partial charge is 0.260 e. The van der Waals surface area contributed by atoms with Gasteiger partial charge in [0.05, 0.1) is 26.9 Å². The van der Waals surface area contributed by atoms with E-state index < -0.39 is 12.0 Å². The summed E-state index contributed by atoms with van der Waals surface area (Å²) in [7, 11) is 1.58. The predicted octanol–water partition coefficient (Wildman–Crippen LogP) is 2.00. The van der Waals surface area contributed by atoms with Gasteiger partial charge in [-0.15, -0.1) is 0 Å². The van der Waals surface area contributed by atoms with Gasteiger partial charge in [0.2, 0.25) is 0 Å². The van der Waals surface area contributed by atoms with E-state index in [1.165, 1.54) is 0 Å². The summed E-state index contributed by atoms with van der Waals surface area (Å²) in [6, 6.07) is 5.74. The van der Waals surface area contributed by atoms with Crippen molar-refractivity contribution in [2.45, 2.75) is 31.4 Å². The number of morpholine rings is 1. The molecule has 0 bridgehead atoms. The van der Waals surface area contributed by atoms with Gasteiger partial charge in [-0.25, -0.2) is 8.78 Å². The molecule has 28 heavy (non-hydrogen) atoms. The molecule has 0 aliphatic carbocycles. The van der Waals surface area contributed by atoms with Crippen LogP contribution in [0.2, 0.25) is 0 Å². The molecule has 0 radical (unpaired) electrons. The van der Waals surface area contributed by atoms with E-state index in [1.54, 1.807) is 12.0 Å². The van der Waals surface area contributed by atoms with Crippen LogP contribution >= 0.6 is 0 Å². The van der Waals surface area contributed by atoms with Gasteiger partial charge in [-0.1, -0.05) is 6.07 Å². The lowest BCUT2D eigenvalue weighted by atomic mass is 10.1. The molecule has 0 spiro atoms. The average Bonchev–Trinajstić information content (AvgIpc) is 2.67. The maximum absolute atomic E-state index is 13.5. The monoisotopic (exact) mass is 400 g/mol. The maximum Gasteiger partial charge on any atom is 0.260 e. The van der Waals surface area contributed by atoms with Gasteiger partial charge in [-0.2, -0.15) is 0 Å². The normalized spacial score (nSPS) is 22.0. The minimum Gasteiger partial charge on any atom is -0.493 e. The number of benzene rings is 1. The lowest BCUT2D eigenvalue weighted by molar-refractivity contribution is -0.0737. The summed E-state index contributed by atoms with van der Waals surface area (Å²) >= 11 is 0. The molecule has 2 aliphatic heterocycles. The zero-order chi connectivity index (χ0) is 20.0. The number of nitrogens with zero attached hydrogens (tertiary/aromatic N) is 2. The minimum absolute atomic E-state index is 0.0290. The molecule has 1 unspecified atom stereocenters. The number of ether oxygens (including phenoxy) is 3. The molecule has 158 valence electrons. The number of piperidine rings is 1. The van der Waals surface area contributed by atoms with Crippen molar-refractivity contribution < 1.29 is 28.1 Å². The molecule has 1 N–H and O–H groups in total. The number of alkyl halides is 2. The van der Waals surface area contributed by atoms with Crippen LogP contribution < -0.4 is 9.47 Å². The lowest BCUT2D eigenvalue weighted by Gasteiger charge is -2.33. The Bertz CT molecular complexity index is 626. The van der Waals surface area contributed by atoms with Crippen molar-refractivity contribution in [2.75, 3.05) is 59.7 Å². The van der Waals surface area contributed by atoms with Crippen LogP contribution in [0.3, 0.4) is 0 Å². The predicted molar refractivity (Wildman–Crippen MR) is 101 cm³/mol. The highest BCUT2D eigenvalue weighted by Gasteiger charge is 2.35. The first kappa shape index (κ1) is 21.2. The Morgan fingerprint density at radius 2 is 1.96 bits per heavy atom.